The van der Waals surface area contributed by atoms with Crippen molar-refractivity contribution in [2.24, 2.45) is 17.8 Å². The molecule has 15 nitrogen and oxygen atoms in total. The third-order valence-corrected chi connectivity index (χ3v) is 15.5. The lowest BCUT2D eigenvalue weighted by molar-refractivity contribution is -0.219. The lowest BCUT2D eigenvalue weighted by atomic mass is 9.83. The number of fused-ring (bicyclic) bond motifs is 5. The van der Waals surface area contributed by atoms with E-state index in [4.69, 9.17) is 14.2 Å². The maximum absolute atomic E-state index is 17.8. The minimum Gasteiger partial charge on any atom is -0.486 e. The summed E-state index contributed by atoms with van der Waals surface area (Å²) in [4.78, 5) is 62.5. The topological polar surface area (TPSA) is 194 Å². The van der Waals surface area contributed by atoms with Gasteiger partial charge in [0.15, 0.2) is 17.1 Å². The second-order valence-electron chi connectivity index (χ2n) is 17.5. The van der Waals surface area contributed by atoms with Crippen LogP contribution in [0.4, 0.5) is 18.0 Å². The van der Waals surface area contributed by atoms with Gasteiger partial charge in [-0.15, -0.1) is 0 Å². The van der Waals surface area contributed by atoms with Crippen LogP contribution in [-0.4, -0.2) is 112 Å². The summed E-state index contributed by atoms with van der Waals surface area (Å²) in [5.41, 5.74) is -4.66. The van der Waals surface area contributed by atoms with Crippen LogP contribution in [0.5, 0.6) is 17.4 Å². The number of hydrogen-bond donors (Lipinski definition) is 3. The van der Waals surface area contributed by atoms with Crippen LogP contribution in [0.1, 0.15) is 92.4 Å². The Kier molecular flexibility index (Phi) is 11.7. The number of carboxylic acid groups (broad SMARTS) is 1. The summed E-state index contributed by atoms with van der Waals surface area (Å²) in [5, 5.41) is 13.9. The van der Waals surface area contributed by atoms with Crippen molar-refractivity contribution >= 4 is 44.6 Å². The zero-order valence-corrected chi connectivity index (χ0v) is 35.7. The maximum Gasteiger partial charge on any atom is 0.408 e. The second-order valence-corrected chi connectivity index (χ2v) is 19.6. The van der Waals surface area contributed by atoms with E-state index in [-0.39, 0.29) is 67.2 Å². The first kappa shape index (κ1) is 44.3. The lowest BCUT2D eigenvalue weighted by Gasteiger charge is -2.43. The van der Waals surface area contributed by atoms with E-state index in [0.29, 0.717) is 36.3 Å². The van der Waals surface area contributed by atoms with Crippen LogP contribution in [0.25, 0.3) is 10.8 Å². The van der Waals surface area contributed by atoms with E-state index in [1.54, 1.807) is 51.1 Å². The first-order chi connectivity index (χ1) is 28.8. The molecule has 1 aromatic heterocycles. The third kappa shape index (κ3) is 7.62. The van der Waals surface area contributed by atoms with Gasteiger partial charge in [-0.3, -0.25) is 28.9 Å². The maximum atomic E-state index is 17.8. The van der Waals surface area contributed by atoms with Crippen molar-refractivity contribution in [2.45, 2.75) is 132 Å². The third-order valence-electron chi connectivity index (χ3n) is 13.4. The Labute approximate surface area is 352 Å². The Morgan fingerprint density at radius 3 is 2.51 bits per heavy atom. The number of carbonyl (C=O) groups excluding carboxylic acids is 3. The number of halogens is 3. The van der Waals surface area contributed by atoms with Gasteiger partial charge in [0.05, 0.1) is 0 Å². The molecule has 1 unspecified atom stereocenters. The first-order valence-electron chi connectivity index (χ1n) is 21.0. The highest BCUT2D eigenvalue weighted by atomic mass is 32.2. The number of hydrogen-bond acceptors (Lipinski definition) is 10. The zero-order chi connectivity index (χ0) is 44.3. The first-order valence-corrected chi connectivity index (χ1v) is 22.5. The van der Waals surface area contributed by atoms with E-state index < -0.39 is 98.8 Å². The number of amides is 4. The van der Waals surface area contributed by atoms with Gasteiger partial charge in [-0.1, -0.05) is 39.3 Å². The summed E-state index contributed by atoms with van der Waals surface area (Å²) >= 11 is 0. The number of benzene rings is 1. The number of carbonyl (C=O) groups is 4. The quantitative estimate of drug-likeness (QED) is 0.196. The van der Waals surface area contributed by atoms with Crippen molar-refractivity contribution in [1.29, 1.82) is 0 Å². The van der Waals surface area contributed by atoms with Gasteiger partial charge >= 0.3 is 12.1 Å². The molecule has 5 aliphatic rings. The predicted molar refractivity (Wildman–Crippen MR) is 215 cm³/mol. The smallest absolute Gasteiger partial charge is 0.408 e. The molecule has 4 heterocycles. The molecule has 61 heavy (non-hydrogen) atoms. The Hall–Kier alpha value is -4.81. The lowest BCUT2D eigenvalue weighted by Crippen LogP contribution is -2.65. The predicted octanol–water partition coefficient (Wildman–Crippen LogP) is 5.71. The van der Waals surface area contributed by atoms with Crippen LogP contribution in [0.3, 0.4) is 0 Å². The molecule has 0 spiro atoms. The van der Waals surface area contributed by atoms with Crippen molar-refractivity contribution in [1.82, 2.24) is 24.8 Å². The summed E-state index contributed by atoms with van der Waals surface area (Å²) in [6.07, 6.45) is 4.05. The van der Waals surface area contributed by atoms with Gasteiger partial charge < -0.3 is 24.6 Å². The molecule has 4 amide bonds. The molecule has 19 heteroatoms. The van der Waals surface area contributed by atoms with Gasteiger partial charge in [0.2, 0.25) is 21.8 Å². The van der Waals surface area contributed by atoms with Crippen molar-refractivity contribution < 1.29 is 60.1 Å². The number of aromatic nitrogens is 1. The van der Waals surface area contributed by atoms with E-state index in [9.17, 15) is 32.3 Å². The Morgan fingerprint density at radius 2 is 1.85 bits per heavy atom. The molecule has 3 N–H and O–H groups in total. The molecule has 334 valence electrons. The van der Waals surface area contributed by atoms with Crippen molar-refractivity contribution in [3.05, 3.63) is 36.5 Å². The van der Waals surface area contributed by atoms with Crippen LogP contribution in [0.15, 0.2) is 36.5 Å². The molecule has 1 saturated heterocycles. The summed E-state index contributed by atoms with van der Waals surface area (Å²) in [7, 11) is -4.56. The van der Waals surface area contributed by atoms with E-state index in [1.165, 1.54) is 6.20 Å². The monoisotopic (exact) mass is 877 g/mol. The molecule has 0 radical (unpaired) electrons. The van der Waals surface area contributed by atoms with Crippen LogP contribution in [0.2, 0.25) is 0 Å². The summed E-state index contributed by atoms with van der Waals surface area (Å²) in [6, 6.07) is -4.14. The highest BCUT2D eigenvalue weighted by Crippen LogP contribution is 2.52. The van der Waals surface area contributed by atoms with Crippen molar-refractivity contribution in [3.8, 4) is 17.4 Å². The Bertz CT molecular complexity index is 2230. The van der Waals surface area contributed by atoms with E-state index in [0.717, 1.165) is 11.8 Å². The van der Waals surface area contributed by atoms with Crippen molar-refractivity contribution in [3.63, 3.8) is 0 Å². The zero-order valence-electron chi connectivity index (χ0n) is 34.9. The number of rotatable bonds is 10. The van der Waals surface area contributed by atoms with E-state index in [1.807, 2.05) is 11.6 Å². The SMILES string of the molecule is CCC(C)N(C(=O)O)[C@@H]1C(=O)N2[C@@H](C[C@@](C)(Oc3nccc4c5c(ccc34)OCCO5)C2(F)F)C(=O)N[C@]2(C(=O)NS(=O)(=O)C3(CF)CC3)C[C@H]2/C=C\CC[C@H](C)C[C@H]1CC. The fourth-order valence-electron chi connectivity index (χ4n) is 9.15. The molecule has 7 rings (SSSR count). The molecular formula is C42H54F3N5O10S. The van der Waals surface area contributed by atoms with Crippen LogP contribution in [0, 0.1) is 17.8 Å². The van der Waals surface area contributed by atoms with Gasteiger partial charge in [0, 0.05) is 35.3 Å². The second kappa shape index (κ2) is 16.1. The van der Waals surface area contributed by atoms with E-state index in [2.05, 4.69) is 10.3 Å². The van der Waals surface area contributed by atoms with Crippen LogP contribution in [-0.2, 0) is 24.4 Å². The van der Waals surface area contributed by atoms with Gasteiger partial charge in [0.25, 0.3) is 11.8 Å². The summed E-state index contributed by atoms with van der Waals surface area (Å²) in [5.74, 6) is -4.88. The molecule has 0 bridgehead atoms. The highest BCUT2D eigenvalue weighted by Gasteiger charge is 2.71. The standard InChI is InChI=1S/C42H54F3N5O10S/c1-6-25(4)49(38(54)55)32-26(7-2)20-24(3)10-8-9-11-27-21-41(27,37(53)48-61(56,57)40(23-43)15-16-40)47-34(51)30-22-39(5,42(44,45)50(30)36(32)52)60-35-29-12-13-31-33(59-19-18-58-31)28(29)14-17-46-35/h9,11-14,17,24-27,30,32H,6-8,10,15-16,18-23H2,1-5H3,(H,47,51)(H,48,53)(H,54,55)/b11-9-/t24-,25?,26+,27+,30-,32-,39+,41+/m0/s1. The molecule has 3 aliphatic heterocycles. The number of nitrogens with zero attached hydrogens (tertiary/aromatic N) is 3. The molecule has 2 aromatic rings. The number of pyridine rings is 1. The van der Waals surface area contributed by atoms with Gasteiger partial charge in [0.1, 0.15) is 42.3 Å². The average molecular weight is 878 g/mol. The highest BCUT2D eigenvalue weighted by molar-refractivity contribution is 7.91. The van der Waals surface area contributed by atoms with Gasteiger partial charge in [-0.05, 0) is 88.8 Å². The number of allylic oxidation sites excluding steroid dienone is 1. The van der Waals surface area contributed by atoms with Gasteiger partial charge in [-0.2, -0.15) is 8.78 Å². The largest absolute Gasteiger partial charge is 0.486 e. The van der Waals surface area contributed by atoms with Crippen LogP contribution < -0.4 is 24.2 Å². The van der Waals surface area contributed by atoms with Gasteiger partial charge in [-0.25, -0.2) is 22.6 Å². The summed E-state index contributed by atoms with van der Waals surface area (Å²) in [6.45, 7) is 7.28. The molecule has 1 aromatic carbocycles. The van der Waals surface area contributed by atoms with Crippen molar-refractivity contribution in [2.75, 3.05) is 19.9 Å². The number of sulfonamides is 1. The normalized spacial score (nSPS) is 31.6. The number of nitrogens with one attached hydrogen (secondary N) is 2. The molecule has 2 aliphatic carbocycles. The minimum atomic E-state index is -4.56. The molecule has 8 atom stereocenters. The number of ether oxygens (including phenoxy) is 3. The molecule has 3 fully saturated rings. The van der Waals surface area contributed by atoms with Crippen LogP contribution >= 0.6 is 0 Å². The Balaban J connectivity index is 1.35. The average Bonchev–Trinajstić information content (AvgIpc) is 4.14. The molecule has 2 saturated carbocycles. The fraction of sp³-hybridized carbons (Fsp3) is 0.643. The minimum absolute atomic E-state index is 0.0153. The van der Waals surface area contributed by atoms with E-state index >= 15 is 13.6 Å². The number of alkyl halides is 3. The fourth-order valence-corrected chi connectivity index (χ4v) is 10.6. The Morgan fingerprint density at radius 1 is 1.13 bits per heavy atom. The molecular weight excluding hydrogens is 824 g/mol. The summed E-state index contributed by atoms with van der Waals surface area (Å²) < 4.78 is 93.9.